The maximum atomic E-state index is 12.1. The molecule has 134 valence electrons. The summed E-state index contributed by atoms with van der Waals surface area (Å²) in [5.41, 5.74) is -0.459. The van der Waals surface area contributed by atoms with Crippen LogP contribution in [0.1, 0.15) is 53.4 Å². The van der Waals surface area contributed by atoms with E-state index in [9.17, 15) is 9.59 Å². The van der Waals surface area contributed by atoms with Gasteiger partial charge in [-0.25, -0.2) is 4.79 Å². The molecule has 1 amide bonds. The van der Waals surface area contributed by atoms with Crippen molar-refractivity contribution in [1.29, 1.82) is 0 Å². The number of rotatable bonds is 6. The number of piperidine rings is 1. The van der Waals surface area contributed by atoms with Gasteiger partial charge in [-0.1, -0.05) is 0 Å². The maximum absolute atomic E-state index is 12.1. The zero-order chi connectivity index (χ0) is 17.5. The Morgan fingerprint density at radius 1 is 1.22 bits per heavy atom. The van der Waals surface area contributed by atoms with Crippen LogP contribution in [0.5, 0.6) is 0 Å². The van der Waals surface area contributed by atoms with E-state index in [1.54, 1.807) is 4.90 Å². The molecule has 1 saturated heterocycles. The van der Waals surface area contributed by atoms with Crippen LogP contribution in [0.25, 0.3) is 0 Å². The van der Waals surface area contributed by atoms with Crippen LogP contribution in [-0.2, 0) is 14.3 Å². The molecule has 0 saturated carbocycles. The SMILES string of the molecule is CCOC(=O)CCCN1CCC(N(C)C(=O)OC(C)(C)C)CC1. The Hall–Kier alpha value is -1.30. The highest BCUT2D eigenvalue weighted by molar-refractivity contribution is 5.69. The topological polar surface area (TPSA) is 59.1 Å². The fraction of sp³-hybridized carbons (Fsp3) is 0.882. The highest BCUT2D eigenvalue weighted by Gasteiger charge is 2.28. The number of likely N-dealkylation sites (tertiary alicyclic amines) is 1. The van der Waals surface area contributed by atoms with Crippen molar-refractivity contribution < 1.29 is 19.1 Å². The van der Waals surface area contributed by atoms with E-state index in [4.69, 9.17) is 9.47 Å². The summed E-state index contributed by atoms with van der Waals surface area (Å²) in [6.07, 6.45) is 2.93. The predicted octanol–water partition coefficient (Wildman–Crippen LogP) is 2.66. The van der Waals surface area contributed by atoms with Crippen LogP contribution in [0.15, 0.2) is 0 Å². The van der Waals surface area contributed by atoms with E-state index in [1.165, 1.54) is 0 Å². The van der Waals surface area contributed by atoms with E-state index in [1.807, 2.05) is 34.7 Å². The molecule has 0 unspecified atom stereocenters. The van der Waals surface area contributed by atoms with Gasteiger partial charge < -0.3 is 19.3 Å². The third-order valence-corrected chi connectivity index (χ3v) is 3.95. The minimum atomic E-state index is -0.459. The monoisotopic (exact) mass is 328 g/mol. The van der Waals surface area contributed by atoms with Gasteiger partial charge in [-0.05, 0) is 53.5 Å². The van der Waals surface area contributed by atoms with Gasteiger partial charge in [-0.2, -0.15) is 0 Å². The van der Waals surface area contributed by atoms with E-state index in [2.05, 4.69) is 4.90 Å². The van der Waals surface area contributed by atoms with Gasteiger partial charge in [0.05, 0.1) is 6.61 Å². The third kappa shape index (κ3) is 7.68. The van der Waals surface area contributed by atoms with Gasteiger partial charge in [-0.3, -0.25) is 4.79 Å². The van der Waals surface area contributed by atoms with Crippen molar-refractivity contribution in [2.45, 2.75) is 65.0 Å². The Morgan fingerprint density at radius 3 is 2.35 bits per heavy atom. The number of esters is 1. The van der Waals surface area contributed by atoms with Gasteiger partial charge in [0.15, 0.2) is 0 Å². The zero-order valence-electron chi connectivity index (χ0n) is 15.3. The molecule has 23 heavy (non-hydrogen) atoms. The van der Waals surface area contributed by atoms with Gasteiger partial charge in [0, 0.05) is 32.6 Å². The fourth-order valence-electron chi connectivity index (χ4n) is 2.69. The molecule has 0 atom stereocenters. The summed E-state index contributed by atoms with van der Waals surface area (Å²) < 4.78 is 10.3. The number of ether oxygens (including phenoxy) is 2. The second-order valence-electron chi connectivity index (χ2n) is 7.07. The van der Waals surface area contributed by atoms with Crippen LogP contribution in [0.2, 0.25) is 0 Å². The molecule has 1 rings (SSSR count). The van der Waals surface area contributed by atoms with Crippen molar-refractivity contribution in [2.75, 3.05) is 33.3 Å². The van der Waals surface area contributed by atoms with Gasteiger partial charge in [0.1, 0.15) is 5.60 Å². The summed E-state index contributed by atoms with van der Waals surface area (Å²) in [5, 5.41) is 0. The first kappa shape index (κ1) is 19.7. The Labute approximate surface area is 140 Å². The van der Waals surface area contributed by atoms with Crippen molar-refractivity contribution in [3.8, 4) is 0 Å². The van der Waals surface area contributed by atoms with E-state index < -0.39 is 5.60 Å². The minimum Gasteiger partial charge on any atom is -0.466 e. The Morgan fingerprint density at radius 2 is 1.83 bits per heavy atom. The molecule has 0 aromatic carbocycles. The van der Waals surface area contributed by atoms with Crippen molar-refractivity contribution in [3.05, 3.63) is 0 Å². The van der Waals surface area contributed by atoms with Crippen molar-refractivity contribution in [3.63, 3.8) is 0 Å². The summed E-state index contributed by atoms with van der Waals surface area (Å²) in [4.78, 5) is 27.5. The normalized spacial score (nSPS) is 16.9. The molecule has 6 heteroatoms. The third-order valence-electron chi connectivity index (χ3n) is 3.95. The van der Waals surface area contributed by atoms with E-state index in [0.29, 0.717) is 13.0 Å². The highest BCUT2D eigenvalue weighted by atomic mass is 16.6. The molecule has 1 aliphatic rings. The van der Waals surface area contributed by atoms with Gasteiger partial charge >= 0.3 is 12.1 Å². The molecule has 0 bridgehead atoms. The molecule has 0 aromatic rings. The molecule has 0 N–H and O–H groups in total. The summed E-state index contributed by atoms with van der Waals surface area (Å²) in [7, 11) is 1.81. The number of amides is 1. The van der Waals surface area contributed by atoms with Gasteiger partial charge in [0.25, 0.3) is 0 Å². The first-order valence-electron chi connectivity index (χ1n) is 8.56. The molecule has 0 spiro atoms. The summed E-state index contributed by atoms with van der Waals surface area (Å²) >= 11 is 0. The van der Waals surface area contributed by atoms with E-state index in [0.717, 1.165) is 38.9 Å². The molecular formula is C17H32N2O4. The van der Waals surface area contributed by atoms with Crippen molar-refractivity contribution >= 4 is 12.1 Å². The smallest absolute Gasteiger partial charge is 0.410 e. The summed E-state index contributed by atoms with van der Waals surface area (Å²) in [6, 6.07) is 0.228. The summed E-state index contributed by atoms with van der Waals surface area (Å²) in [6.45, 7) is 10.7. The van der Waals surface area contributed by atoms with Crippen LogP contribution in [-0.4, -0.2) is 66.8 Å². The standard InChI is InChI=1S/C17H32N2O4/c1-6-22-15(20)8-7-11-19-12-9-14(10-13-19)18(5)16(21)23-17(2,3)4/h14H,6-13H2,1-5H3. The van der Waals surface area contributed by atoms with E-state index >= 15 is 0 Å². The lowest BCUT2D eigenvalue weighted by Gasteiger charge is -2.37. The van der Waals surface area contributed by atoms with Crippen molar-refractivity contribution in [2.24, 2.45) is 0 Å². The van der Waals surface area contributed by atoms with Crippen molar-refractivity contribution in [1.82, 2.24) is 9.80 Å². The highest BCUT2D eigenvalue weighted by Crippen LogP contribution is 2.18. The molecule has 1 heterocycles. The number of hydrogen-bond donors (Lipinski definition) is 0. The molecule has 1 fully saturated rings. The maximum Gasteiger partial charge on any atom is 0.410 e. The van der Waals surface area contributed by atoms with Crippen LogP contribution in [0, 0.1) is 0 Å². The Bertz CT molecular complexity index is 385. The fourth-order valence-corrected chi connectivity index (χ4v) is 2.69. The van der Waals surface area contributed by atoms with Crippen LogP contribution >= 0.6 is 0 Å². The quantitative estimate of drug-likeness (QED) is 0.702. The molecule has 6 nitrogen and oxygen atoms in total. The van der Waals surface area contributed by atoms with E-state index in [-0.39, 0.29) is 18.1 Å². The van der Waals surface area contributed by atoms with Crippen LogP contribution in [0.3, 0.4) is 0 Å². The molecule has 0 radical (unpaired) electrons. The Balaban J connectivity index is 2.27. The second-order valence-corrected chi connectivity index (χ2v) is 7.07. The minimum absolute atomic E-state index is 0.118. The number of hydrogen-bond acceptors (Lipinski definition) is 5. The van der Waals surface area contributed by atoms with Crippen LogP contribution < -0.4 is 0 Å². The Kier molecular flexibility index (Phi) is 7.82. The molecule has 1 aliphatic heterocycles. The van der Waals surface area contributed by atoms with Gasteiger partial charge in [-0.15, -0.1) is 0 Å². The first-order valence-corrected chi connectivity index (χ1v) is 8.56. The van der Waals surface area contributed by atoms with Crippen LogP contribution in [0.4, 0.5) is 4.79 Å². The molecule has 0 aliphatic carbocycles. The predicted molar refractivity (Wildman–Crippen MR) is 89.3 cm³/mol. The number of carbonyl (C=O) groups is 2. The number of nitrogens with zero attached hydrogens (tertiary/aromatic N) is 2. The average Bonchev–Trinajstić information content (AvgIpc) is 2.46. The summed E-state index contributed by atoms with van der Waals surface area (Å²) in [5.74, 6) is -0.118. The lowest BCUT2D eigenvalue weighted by Crippen LogP contribution is -2.47. The largest absolute Gasteiger partial charge is 0.466 e. The number of carbonyl (C=O) groups excluding carboxylic acids is 2. The second kappa shape index (κ2) is 9.11. The lowest BCUT2D eigenvalue weighted by molar-refractivity contribution is -0.143. The average molecular weight is 328 g/mol. The first-order chi connectivity index (χ1) is 10.7. The zero-order valence-corrected chi connectivity index (χ0v) is 15.3. The lowest BCUT2D eigenvalue weighted by atomic mass is 10.0. The molecular weight excluding hydrogens is 296 g/mol. The molecule has 0 aromatic heterocycles. The van der Waals surface area contributed by atoms with Gasteiger partial charge in [0.2, 0.25) is 0 Å².